The van der Waals surface area contributed by atoms with Crippen LogP contribution in [0.15, 0.2) is 52.4 Å². The molecule has 7 nitrogen and oxygen atoms in total. The van der Waals surface area contributed by atoms with Crippen LogP contribution in [0.5, 0.6) is 0 Å². The maximum Gasteiger partial charge on any atom is 0.263 e. The van der Waals surface area contributed by atoms with Crippen LogP contribution in [0.3, 0.4) is 0 Å². The van der Waals surface area contributed by atoms with E-state index in [1.54, 1.807) is 25.1 Å². The molecule has 2 N–H and O–H groups in total. The topological polar surface area (TPSA) is 101 Å². The van der Waals surface area contributed by atoms with Gasteiger partial charge in [0.2, 0.25) is 0 Å². The molecule has 1 aliphatic rings. The molecule has 0 bridgehead atoms. The average molecular weight is 404 g/mol. The van der Waals surface area contributed by atoms with E-state index in [-0.39, 0.29) is 16.5 Å². The van der Waals surface area contributed by atoms with E-state index in [1.165, 1.54) is 24.3 Å². The Bertz CT molecular complexity index is 1200. The highest BCUT2D eigenvalue weighted by atomic mass is 32.2. The van der Waals surface area contributed by atoms with Crippen LogP contribution in [0, 0.1) is 5.82 Å². The summed E-state index contributed by atoms with van der Waals surface area (Å²) in [7, 11) is -3.66. The summed E-state index contributed by atoms with van der Waals surface area (Å²) in [6.45, 7) is 1.55. The molecule has 0 unspecified atom stereocenters. The Morgan fingerprint density at radius 1 is 1.30 bits per heavy atom. The highest BCUT2D eigenvalue weighted by molar-refractivity contribution is 7.90. The summed E-state index contributed by atoms with van der Waals surface area (Å²) in [5.41, 5.74) is 1.00. The SMILES string of the molecule is C[C@H](N=C1NS(=O)(=O)c2ccccc21)C(=O)Nc1nc2ccc(F)cc2s1. The lowest BCUT2D eigenvalue weighted by atomic mass is 10.2. The second-order valence-corrected chi connectivity index (χ2v) is 8.56. The van der Waals surface area contributed by atoms with Crippen molar-refractivity contribution in [3.63, 3.8) is 0 Å². The molecule has 0 fully saturated rings. The molecular weight excluding hydrogens is 391 g/mol. The van der Waals surface area contributed by atoms with Crippen LogP contribution in [-0.2, 0) is 14.8 Å². The average Bonchev–Trinajstić information content (AvgIpc) is 3.12. The van der Waals surface area contributed by atoms with Gasteiger partial charge in [0.05, 0.1) is 15.1 Å². The van der Waals surface area contributed by atoms with Crippen molar-refractivity contribution < 1.29 is 17.6 Å². The van der Waals surface area contributed by atoms with Crippen molar-refractivity contribution in [3.8, 4) is 0 Å². The molecule has 138 valence electrons. The number of carbonyl (C=O) groups is 1. The highest BCUT2D eigenvalue weighted by Crippen LogP contribution is 2.27. The minimum absolute atomic E-state index is 0.125. The summed E-state index contributed by atoms with van der Waals surface area (Å²) in [4.78, 5) is 21.0. The van der Waals surface area contributed by atoms with Gasteiger partial charge in [0.15, 0.2) is 5.13 Å². The number of hydrogen-bond acceptors (Lipinski definition) is 6. The molecule has 1 aliphatic heterocycles. The molecule has 0 spiro atoms. The highest BCUT2D eigenvalue weighted by Gasteiger charge is 2.31. The van der Waals surface area contributed by atoms with E-state index in [1.807, 2.05) is 0 Å². The van der Waals surface area contributed by atoms with Crippen LogP contribution in [0.25, 0.3) is 10.2 Å². The van der Waals surface area contributed by atoms with Crippen LogP contribution in [-0.4, -0.2) is 31.2 Å². The van der Waals surface area contributed by atoms with Crippen LogP contribution in [0.4, 0.5) is 9.52 Å². The van der Waals surface area contributed by atoms with Gasteiger partial charge >= 0.3 is 0 Å². The van der Waals surface area contributed by atoms with E-state index in [9.17, 15) is 17.6 Å². The zero-order chi connectivity index (χ0) is 19.2. The van der Waals surface area contributed by atoms with Gasteiger partial charge < -0.3 is 5.32 Å². The number of halogens is 1. The molecule has 0 saturated heterocycles. The summed E-state index contributed by atoms with van der Waals surface area (Å²) in [6.07, 6.45) is 0. The Kier molecular flexibility index (Phi) is 4.16. The fourth-order valence-corrected chi connectivity index (χ4v) is 4.78. The summed E-state index contributed by atoms with van der Waals surface area (Å²) >= 11 is 1.15. The molecule has 4 rings (SSSR count). The van der Waals surface area contributed by atoms with Gasteiger partial charge in [-0.2, -0.15) is 0 Å². The van der Waals surface area contributed by atoms with E-state index in [0.29, 0.717) is 20.9 Å². The number of rotatable bonds is 3. The Morgan fingerprint density at radius 3 is 2.89 bits per heavy atom. The number of hydrogen-bond donors (Lipinski definition) is 2. The van der Waals surface area contributed by atoms with Crippen LogP contribution >= 0.6 is 11.3 Å². The molecule has 0 saturated carbocycles. The number of sulfonamides is 1. The lowest BCUT2D eigenvalue weighted by Crippen LogP contribution is -2.28. The summed E-state index contributed by atoms with van der Waals surface area (Å²) < 4.78 is 40.4. The number of fused-ring (bicyclic) bond motifs is 2. The number of amides is 1. The first-order chi connectivity index (χ1) is 12.8. The number of thiazole rings is 1. The minimum atomic E-state index is -3.66. The molecule has 10 heteroatoms. The molecule has 1 amide bonds. The van der Waals surface area contributed by atoms with E-state index in [4.69, 9.17) is 0 Å². The summed E-state index contributed by atoms with van der Waals surface area (Å²) in [6, 6.07) is 9.73. The third-order valence-electron chi connectivity index (χ3n) is 3.95. The monoisotopic (exact) mass is 404 g/mol. The number of carbonyl (C=O) groups excluding carboxylic acids is 1. The zero-order valence-electron chi connectivity index (χ0n) is 13.9. The van der Waals surface area contributed by atoms with Crippen molar-refractivity contribution in [2.45, 2.75) is 17.9 Å². The molecule has 2 aromatic carbocycles. The number of anilines is 1. The number of aliphatic imine (C=N–C) groups is 1. The third-order valence-corrected chi connectivity index (χ3v) is 6.28. The zero-order valence-corrected chi connectivity index (χ0v) is 15.6. The molecule has 0 radical (unpaired) electrons. The van der Waals surface area contributed by atoms with E-state index in [0.717, 1.165) is 11.3 Å². The van der Waals surface area contributed by atoms with Gasteiger partial charge in [0.1, 0.15) is 17.7 Å². The molecule has 2 heterocycles. The smallest absolute Gasteiger partial charge is 0.263 e. The Labute approximate surface area is 158 Å². The van der Waals surface area contributed by atoms with Gasteiger partial charge in [-0.1, -0.05) is 23.5 Å². The molecule has 0 aliphatic carbocycles. The quantitative estimate of drug-likeness (QED) is 0.700. The molecule has 3 aromatic rings. The molecule has 27 heavy (non-hydrogen) atoms. The van der Waals surface area contributed by atoms with Crippen molar-refractivity contribution in [3.05, 3.63) is 53.8 Å². The van der Waals surface area contributed by atoms with Gasteiger partial charge in [-0.3, -0.25) is 14.5 Å². The minimum Gasteiger partial charge on any atom is -0.300 e. The number of amidine groups is 1. The summed E-state index contributed by atoms with van der Waals surface area (Å²) in [5, 5.41) is 2.95. The van der Waals surface area contributed by atoms with Crippen LogP contribution < -0.4 is 10.0 Å². The lowest BCUT2D eigenvalue weighted by molar-refractivity contribution is -0.117. The van der Waals surface area contributed by atoms with Crippen molar-refractivity contribution in [2.75, 3.05) is 5.32 Å². The molecular formula is C17H13FN4O3S2. The predicted molar refractivity (Wildman–Crippen MR) is 101 cm³/mol. The second-order valence-electron chi connectivity index (χ2n) is 5.88. The van der Waals surface area contributed by atoms with Crippen molar-refractivity contribution >= 4 is 48.5 Å². The Morgan fingerprint density at radius 2 is 2.07 bits per heavy atom. The maximum absolute atomic E-state index is 13.3. The van der Waals surface area contributed by atoms with Crippen molar-refractivity contribution in [1.29, 1.82) is 0 Å². The number of aromatic nitrogens is 1. The van der Waals surface area contributed by atoms with E-state index < -0.39 is 22.0 Å². The lowest BCUT2D eigenvalue weighted by Gasteiger charge is -2.07. The van der Waals surface area contributed by atoms with Crippen molar-refractivity contribution in [2.24, 2.45) is 4.99 Å². The number of nitrogens with one attached hydrogen (secondary N) is 2. The van der Waals surface area contributed by atoms with Gasteiger partial charge in [-0.05, 0) is 37.3 Å². The summed E-state index contributed by atoms with van der Waals surface area (Å²) in [5.74, 6) is -0.707. The van der Waals surface area contributed by atoms with Gasteiger partial charge in [-0.25, -0.2) is 17.8 Å². The van der Waals surface area contributed by atoms with Gasteiger partial charge in [-0.15, -0.1) is 0 Å². The van der Waals surface area contributed by atoms with E-state index >= 15 is 0 Å². The van der Waals surface area contributed by atoms with Gasteiger partial charge in [0.25, 0.3) is 15.9 Å². The first-order valence-corrected chi connectivity index (χ1v) is 10.2. The number of nitrogens with zero attached hydrogens (tertiary/aromatic N) is 2. The molecule has 1 atom stereocenters. The van der Waals surface area contributed by atoms with Crippen LogP contribution in [0.1, 0.15) is 12.5 Å². The first-order valence-electron chi connectivity index (χ1n) is 7.90. The largest absolute Gasteiger partial charge is 0.300 e. The standard InChI is InChI=1S/C17H13FN4O3S2/c1-9(19-15-11-4-2-3-5-14(11)27(24,25)22-15)16(23)21-17-20-12-7-6-10(18)8-13(12)26-17/h2-9H,1H3,(H,19,22)(H,20,21,23)/t9-/m0/s1. The van der Waals surface area contributed by atoms with E-state index in [2.05, 4.69) is 20.0 Å². The Hall–Kier alpha value is -2.85. The predicted octanol–water partition coefficient (Wildman–Crippen LogP) is 2.50. The molecule has 1 aromatic heterocycles. The maximum atomic E-state index is 13.3. The van der Waals surface area contributed by atoms with Crippen molar-refractivity contribution in [1.82, 2.24) is 9.71 Å². The Balaban J connectivity index is 1.57. The third kappa shape index (κ3) is 3.28. The fourth-order valence-electron chi connectivity index (χ4n) is 2.64. The number of benzene rings is 2. The normalized spacial score (nSPS) is 17.5. The first kappa shape index (κ1) is 17.6. The fraction of sp³-hybridized carbons (Fsp3) is 0.118. The van der Waals surface area contributed by atoms with Gasteiger partial charge in [0, 0.05) is 5.56 Å². The van der Waals surface area contributed by atoms with Crippen LogP contribution in [0.2, 0.25) is 0 Å². The second kappa shape index (κ2) is 6.39.